The van der Waals surface area contributed by atoms with Gasteiger partial charge in [-0.2, -0.15) is 0 Å². The number of para-hydroxylation sites is 1. The minimum Gasteiger partial charge on any atom is -0.497 e. The molecule has 2 aromatic carbocycles. The van der Waals surface area contributed by atoms with E-state index >= 15 is 0 Å². The molecule has 0 aliphatic rings. The summed E-state index contributed by atoms with van der Waals surface area (Å²) in [5.41, 5.74) is 2.43. The Balaban J connectivity index is 1.70. The maximum absolute atomic E-state index is 5.16. The quantitative estimate of drug-likeness (QED) is 0.711. The first-order valence-corrected chi connectivity index (χ1v) is 7.14. The van der Waals surface area contributed by atoms with E-state index in [4.69, 9.17) is 4.74 Å². The second-order valence-electron chi connectivity index (χ2n) is 4.42. The first kappa shape index (κ1) is 12.2. The van der Waals surface area contributed by atoms with E-state index in [2.05, 4.69) is 35.3 Å². The van der Waals surface area contributed by atoms with Crippen molar-refractivity contribution in [3.63, 3.8) is 0 Å². The van der Waals surface area contributed by atoms with Gasteiger partial charge in [0.25, 0.3) is 0 Å². The van der Waals surface area contributed by atoms with Gasteiger partial charge in [-0.3, -0.25) is 0 Å². The maximum Gasteiger partial charge on any atom is 0.118 e. The minimum absolute atomic E-state index is 0.906. The van der Waals surface area contributed by atoms with Crippen molar-refractivity contribution in [2.45, 2.75) is 12.8 Å². The predicted molar refractivity (Wildman–Crippen MR) is 80.0 cm³/mol. The third-order valence-corrected chi connectivity index (χ3v) is 4.22. The molecule has 0 aliphatic carbocycles. The van der Waals surface area contributed by atoms with Crippen molar-refractivity contribution in [2.75, 3.05) is 7.11 Å². The molecule has 2 nitrogen and oxygen atoms in total. The molecule has 0 unspecified atom stereocenters. The van der Waals surface area contributed by atoms with Gasteiger partial charge in [-0.25, -0.2) is 4.98 Å². The molecule has 0 bridgehead atoms. The van der Waals surface area contributed by atoms with Gasteiger partial charge in [0, 0.05) is 6.42 Å². The average Bonchev–Trinajstić information content (AvgIpc) is 2.88. The number of hydrogen-bond donors (Lipinski definition) is 0. The number of fused-ring (bicyclic) bond motifs is 1. The molecule has 0 fully saturated rings. The van der Waals surface area contributed by atoms with Gasteiger partial charge in [0.1, 0.15) is 5.75 Å². The Morgan fingerprint density at radius 1 is 1.00 bits per heavy atom. The molecule has 0 N–H and O–H groups in total. The number of hydrogen-bond acceptors (Lipinski definition) is 3. The molecular weight excluding hydrogens is 254 g/mol. The third-order valence-electron chi connectivity index (χ3n) is 3.12. The van der Waals surface area contributed by atoms with Crippen LogP contribution in [0.15, 0.2) is 48.5 Å². The standard InChI is InChI=1S/C16H15NOS/c1-18-13-9-6-12(7-10-13)8-11-16-17-14-4-2-3-5-15(14)19-16/h2-7,9-10H,8,11H2,1H3. The Morgan fingerprint density at radius 2 is 1.79 bits per heavy atom. The van der Waals surface area contributed by atoms with Crippen LogP contribution in [-0.2, 0) is 12.8 Å². The normalized spacial score (nSPS) is 10.8. The van der Waals surface area contributed by atoms with Crippen LogP contribution >= 0.6 is 11.3 Å². The van der Waals surface area contributed by atoms with Crippen molar-refractivity contribution in [2.24, 2.45) is 0 Å². The van der Waals surface area contributed by atoms with E-state index in [9.17, 15) is 0 Å². The van der Waals surface area contributed by atoms with Crippen LogP contribution in [0.25, 0.3) is 10.2 Å². The fourth-order valence-electron chi connectivity index (χ4n) is 2.07. The van der Waals surface area contributed by atoms with Crippen LogP contribution < -0.4 is 4.74 Å². The zero-order valence-corrected chi connectivity index (χ0v) is 11.6. The molecule has 19 heavy (non-hydrogen) atoms. The van der Waals surface area contributed by atoms with Crippen LogP contribution in [0.3, 0.4) is 0 Å². The predicted octanol–water partition coefficient (Wildman–Crippen LogP) is 4.09. The lowest BCUT2D eigenvalue weighted by atomic mass is 10.1. The van der Waals surface area contributed by atoms with Gasteiger partial charge in [0.05, 0.1) is 22.3 Å². The van der Waals surface area contributed by atoms with Crippen LogP contribution in [0.5, 0.6) is 5.75 Å². The molecule has 0 aliphatic heterocycles. The summed E-state index contributed by atoms with van der Waals surface area (Å²) in [4.78, 5) is 4.66. The van der Waals surface area contributed by atoms with E-state index in [1.54, 1.807) is 18.4 Å². The van der Waals surface area contributed by atoms with E-state index in [0.717, 1.165) is 24.1 Å². The Labute approximate surface area is 116 Å². The Bertz CT molecular complexity index is 640. The molecule has 0 saturated carbocycles. The third kappa shape index (κ3) is 2.76. The number of nitrogens with zero attached hydrogens (tertiary/aromatic N) is 1. The number of ether oxygens (including phenoxy) is 1. The van der Waals surface area contributed by atoms with Crippen LogP contribution in [-0.4, -0.2) is 12.1 Å². The Hall–Kier alpha value is -1.87. The second-order valence-corrected chi connectivity index (χ2v) is 5.54. The van der Waals surface area contributed by atoms with Crippen molar-refractivity contribution in [1.29, 1.82) is 0 Å². The van der Waals surface area contributed by atoms with E-state index in [1.807, 2.05) is 18.2 Å². The highest BCUT2D eigenvalue weighted by molar-refractivity contribution is 7.18. The van der Waals surface area contributed by atoms with E-state index in [-0.39, 0.29) is 0 Å². The summed E-state index contributed by atoms with van der Waals surface area (Å²) >= 11 is 1.79. The fraction of sp³-hybridized carbons (Fsp3) is 0.188. The van der Waals surface area contributed by atoms with Gasteiger partial charge in [-0.1, -0.05) is 24.3 Å². The van der Waals surface area contributed by atoms with Gasteiger partial charge >= 0.3 is 0 Å². The molecular formula is C16H15NOS. The topological polar surface area (TPSA) is 22.1 Å². The van der Waals surface area contributed by atoms with Crippen molar-refractivity contribution in [3.8, 4) is 5.75 Å². The second kappa shape index (κ2) is 5.41. The van der Waals surface area contributed by atoms with Gasteiger partial charge in [0.2, 0.25) is 0 Å². The molecule has 96 valence electrons. The van der Waals surface area contributed by atoms with E-state index < -0.39 is 0 Å². The summed E-state index contributed by atoms with van der Waals surface area (Å²) in [5.74, 6) is 0.906. The van der Waals surface area contributed by atoms with Crippen LogP contribution in [0.2, 0.25) is 0 Å². The summed E-state index contributed by atoms with van der Waals surface area (Å²) in [6.07, 6.45) is 2.01. The highest BCUT2D eigenvalue weighted by atomic mass is 32.1. The van der Waals surface area contributed by atoms with Gasteiger partial charge in [-0.15, -0.1) is 11.3 Å². The molecule has 0 atom stereocenters. The van der Waals surface area contributed by atoms with Crippen molar-refractivity contribution in [1.82, 2.24) is 4.98 Å². The number of thiazole rings is 1. The van der Waals surface area contributed by atoms with E-state index in [0.29, 0.717) is 0 Å². The molecule has 1 heterocycles. The summed E-state index contributed by atoms with van der Waals surface area (Å²) in [6.45, 7) is 0. The van der Waals surface area contributed by atoms with Crippen molar-refractivity contribution < 1.29 is 4.74 Å². The highest BCUT2D eigenvalue weighted by Gasteiger charge is 2.03. The SMILES string of the molecule is COc1ccc(CCc2nc3ccccc3s2)cc1. The molecule has 0 saturated heterocycles. The summed E-state index contributed by atoms with van der Waals surface area (Å²) in [7, 11) is 1.69. The lowest BCUT2D eigenvalue weighted by molar-refractivity contribution is 0.414. The summed E-state index contributed by atoms with van der Waals surface area (Å²) in [5, 5.41) is 1.21. The molecule has 3 rings (SSSR count). The van der Waals surface area contributed by atoms with E-state index in [1.165, 1.54) is 15.3 Å². The molecule has 3 heteroatoms. The number of benzene rings is 2. The zero-order valence-electron chi connectivity index (χ0n) is 10.8. The number of aromatic nitrogens is 1. The van der Waals surface area contributed by atoms with Crippen LogP contribution in [0, 0.1) is 0 Å². The highest BCUT2D eigenvalue weighted by Crippen LogP contribution is 2.23. The summed E-state index contributed by atoms with van der Waals surface area (Å²) in [6, 6.07) is 16.6. The number of aryl methyl sites for hydroxylation is 2. The summed E-state index contributed by atoms with van der Waals surface area (Å²) < 4.78 is 6.43. The lowest BCUT2D eigenvalue weighted by Crippen LogP contribution is -1.91. The number of rotatable bonds is 4. The van der Waals surface area contributed by atoms with Crippen LogP contribution in [0.4, 0.5) is 0 Å². The largest absolute Gasteiger partial charge is 0.497 e. The van der Waals surface area contributed by atoms with Gasteiger partial charge in [-0.05, 0) is 36.2 Å². The molecule has 0 amide bonds. The van der Waals surface area contributed by atoms with Gasteiger partial charge in [0.15, 0.2) is 0 Å². The van der Waals surface area contributed by atoms with Crippen LogP contribution in [0.1, 0.15) is 10.6 Å². The number of methoxy groups -OCH3 is 1. The first-order valence-electron chi connectivity index (χ1n) is 6.32. The fourth-order valence-corrected chi connectivity index (χ4v) is 3.04. The molecule has 0 spiro atoms. The monoisotopic (exact) mass is 269 g/mol. The first-order chi connectivity index (χ1) is 9.35. The Morgan fingerprint density at radius 3 is 2.53 bits per heavy atom. The van der Waals surface area contributed by atoms with Crippen molar-refractivity contribution >= 4 is 21.6 Å². The molecule has 3 aromatic rings. The molecule has 1 aromatic heterocycles. The minimum atomic E-state index is 0.906. The average molecular weight is 269 g/mol. The van der Waals surface area contributed by atoms with Gasteiger partial charge < -0.3 is 4.74 Å². The maximum atomic E-state index is 5.16. The smallest absolute Gasteiger partial charge is 0.118 e. The van der Waals surface area contributed by atoms with Crippen molar-refractivity contribution in [3.05, 3.63) is 59.1 Å². The zero-order chi connectivity index (χ0) is 13.1. The Kier molecular flexibility index (Phi) is 3.47. The molecule has 0 radical (unpaired) electrons. The lowest BCUT2D eigenvalue weighted by Gasteiger charge is -2.02.